The smallest absolute Gasteiger partial charge is 0.161 e. The molecule has 2 heterocycles. The van der Waals surface area contributed by atoms with Crippen LogP contribution in [0.15, 0.2) is 42.7 Å². The lowest BCUT2D eigenvalue weighted by molar-refractivity contribution is 0.171. The summed E-state index contributed by atoms with van der Waals surface area (Å²) in [5, 5.41) is 3.98. The molecule has 1 aliphatic heterocycles. The van der Waals surface area contributed by atoms with Crippen LogP contribution in [-0.4, -0.2) is 23.2 Å². The van der Waals surface area contributed by atoms with Crippen molar-refractivity contribution in [2.24, 2.45) is 0 Å². The van der Waals surface area contributed by atoms with E-state index < -0.39 is 0 Å². The van der Waals surface area contributed by atoms with Gasteiger partial charge in [-0.1, -0.05) is 6.07 Å². The highest BCUT2D eigenvalue weighted by Gasteiger charge is 2.15. The van der Waals surface area contributed by atoms with E-state index in [0.29, 0.717) is 29.9 Å². The fourth-order valence-electron chi connectivity index (χ4n) is 2.76. The molecule has 0 amide bonds. The highest BCUT2D eigenvalue weighted by molar-refractivity contribution is 5.88. The summed E-state index contributed by atoms with van der Waals surface area (Å²) in [6.45, 7) is 3.13. The minimum atomic E-state index is -0.313. The first-order valence-corrected chi connectivity index (χ1v) is 7.77. The number of aromatic nitrogens is 2. The van der Waals surface area contributed by atoms with Crippen LogP contribution >= 0.6 is 0 Å². The van der Waals surface area contributed by atoms with E-state index in [1.54, 1.807) is 6.07 Å². The van der Waals surface area contributed by atoms with Crippen LogP contribution in [0.3, 0.4) is 0 Å². The summed E-state index contributed by atoms with van der Waals surface area (Å²) < 4.78 is 24.7. The number of halogens is 1. The fraction of sp³-hybridized carbons (Fsp3) is 0.222. The summed E-state index contributed by atoms with van der Waals surface area (Å²) in [6.07, 6.45) is 1.47. The van der Waals surface area contributed by atoms with Crippen LogP contribution in [0.4, 0.5) is 10.2 Å². The lowest BCUT2D eigenvalue weighted by atomic mass is 10.1. The van der Waals surface area contributed by atoms with Crippen LogP contribution in [-0.2, 0) is 0 Å². The normalized spacial score (nSPS) is 14.4. The Bertz CT molecular complexity index is 901. The highest BCUT2D eigenvalue weighted by Crippen LogP contribution is 2.33. The standard InChI is InChI=1S/C18H16FN3O2/c1-11(12-2-5-16-17(8-12)24-7-6-23-16)22-18-14-9-13(19)3-4-15(14)20-10-21-18/h2-5,8-11H,6-7H2,1H3,(H,20,21,22). The van der Waals surface area contributed by atoms with Gasteiger partial charge in [0.1, 0.15) is 31.2 Å². The first-order valence-electron chi connectivity index (χ1n) is 7.77. The van der Waals surface area contributed by atoms with Gasteiger partial charge in [-0.25, -0.2) is 14.4 Å². The zero-order valence-corrected chi connectivity index (χ0v) is 13.1. The van der Waals surface area contributed by atoms with Gasteiger partial charge in [0.05, 0.1) is 11.6 Å². The predicted molar refractivity (Wildman–Crippen MR) is 89.0 cm³/mol. The molecule has 1 atom stereocenters. The monoisotopic (exact) mass is 325 g/mol. The van der Waals surface area contributed by atoms with Crippen LogP contribution in [0.2, 0.25) is 0 Å². The summed E-state index contributed by atoms with van der Waals surface area (Å²) in [5.74, 6) is 1.78. The van der Waals surface area contributed by atoms with E-state index in [2.05, 4.69) is 15.3 Å². The minimum Gasteiger partial charge on any atom is -0.486 e. The number of hydrogen-bond donors (Lipinski definition) is 1. The largest absolute Gasteiger partial charge is 0.486 e. The molecule has 0 bridgehead atoms. The Labute approximate surface area is 138 Å². The van der Waals surface area contributed by atoms with Crippen LogP contribution in [0, 0.1) is 5.82 Å². The molecular weight excluding hydrogens is 309 g/mol. The molecule has 0 aliphatic carbocycles. The van der Waals surface area contributed by atoms with Gasteiger partial charge in [0, 0.05) is 5.39 Å². The van der Waals surface area contributed by atoms with Gasteiger partial charge in [0.25, 0.3) is 0 Å². The van der Waals surface area contributed by atoms with Crippen LogP contribution in [0.25, 0.3) is 10.9 Å². The molecule has 0 fully saturated rings. The van der Waals surface area contributed by atoms with E-state index in [1.807, 2.05) is 25.1 Å². The summed E-state index contributed by atoms with van der Waals surface area (Å²) in [7, 11) is 0. The molecule has 0 radical (unpaired) electrons. The number of hydrogen-bond acceptors (Lipinski definition) is 5. The number of rotatable bonds is 3. The average molecular weight is 325 g/mol. The van der Waals surface area contributed by atoms with Crippen LogP contribution in [0.1, 0.15) is 18.5 Å². The van der Waals surface area contributed by atoms with Gasteiger partial charge in [0.2, 0.25) is 0 Å². The Kier molecular flexibility index (Phi) is 3.65. The van der Waals surface area contributed by atoms with Crippen molar-refractivity contribution in [3.05, 3.63) is 54.1 Å². The highest BCUT2D eigenvalue weighted by atomic mass is 19.1. The lowest BCUT2D eigenvalue weighted by Crippen LogP contribution is -2.16. The minimum absolute atomic E-state index is 0.0396. The number of benzene rings is 2. The molecule has 5 nitrogen and oxygen atoms in total. The Morgan fingerprint density at radius 3 is 2.75 bits per heavy atom. The second-order valence-corrected chi connectivity index (χ2v) is 5.65. The second kappa shape index (κ2) is 5.96. The number of anilines is 1. The maximum absolute atomic E-state index is 13.6. The summed E-state index contributed by atoms with van der Waals surface area (Å²) in [5.41, 5.74) is 1.73. The van der Waals surface area contributed by atoms with E-state index in [-0.39, 0.29) is 11.9 Å². The van der Waals surface area contributed by atoms with Crippen molar-refractivity contribution in [2.45, 2.75) is 13.0 Å². The predicted octanol–water partition coefficient (Wildman–Crippen LogP) is 3.71. The van der Waals surface area contributed by atoms with E-state index >= 15 is 0 Å². The molecule has 4 rings (SSSR count). The SMILES string of the molecule is CC(Nc1ncnc2ccc(F)cc12)c1ccc2c(c1)OCCO2. The van der Waals surface area contributed by atoms with Crippen molar-refractivity contribution in [1.29, 1.82) is 0 Å². The second-order valence-electron chi connectivity index (χ2n) is 5.65. The van der Waals surface area contributed by atoms with Crippen molar-refractivity contribution >= 4 is 16.7 Å². The van der Waals surface area contributed by atoms with E-state index in [9.17, 15) is 4.39 Å². The van der Waals surface area contributed by atoms with Gasteiger partial charge in [-0.05, 0) is 42.8 Å². The van der Waals surface area contributed by atoms with Crippen molar-refractivity contribution in [2.75, 3.05) is 18.5 Å². The number of fused-ring (bicyclic) bond motifs is 2. The van der Waals surface area contributed by atoms with Crippen molar-refractivity contribution in [3.8, 4) is 11.5 Å². The maximum Gasteiger partial charge on any atom is 0.161 e. The van der Waals surface area contributed by atoms with Gasteiger partial charge in [-0.15, -0.1) is 0 Å². The molecule has 3 aromatic rings. The summed E-state index contributed by atoms with van der Waals surface area (Å²) in [6, 6.07) is 10.3. The Morgan fingerprint density at radius 2 is 1.88 bits per heavy atom. The first kappa shape index (κ1) is 14.7. The number of ether oxygens (including phenoxy) is 2. The van der Waals surface area contributed by atoms with Gasteiger partial charge >= 0.3 is 0 Å². The Morgan fingerprint density at radius 1 is 1.04 bits per heavy atom. The zero-order valence-electron chi connectivity index (χ0n) is 13.1. The summed E-state index contributed by atoms with van der Waals surface area (Å²) >= 11 is 0. The number of nitrogens with one attached hydrogen (secondary N) is 1. The van der Waals surface area contributed by atoms with Crippen LogP contribution < -0.4 is 14.8 Å². The van der Waals surface area contributed by atoms with Gasteiger partial charge in [-0.3, -0.25) is 0 Å². The average Bonchev–Trinajstić information content (AvgIpc) is 2.62. The molecule has 24 heavy (non-hydrogen) atoms. The van der Waals surface area contributed by atoms with Gasteiger partial charge < -0.3 is 14.8 Å². The quantitative estimate of drug-likeness (QED) is 0.795. The molecule has 1 aromatic heterocycles. The summed E-state index contributed by atoms with van der Waals surface area (Å²) in [4.78, 5) is 8.42. The lowest BCUT2D eigenvalue weighted by Gasteiger charge is -2.21. The fourth-order valence-corrected chi connectivity index (χ4v) is 2.76. The third-order valence-corrected chi connectivity index (χ3v) is 4.02. The van der Waals surface area contributed by atoms with Gasteiger partial charge in [0.15, 0.2) is 11.5 Å². The molecule has 6 heteroatoms. The third kappa shape index (κ3) is 2.71. The van der Waals surface area contributed by atoms with Crippen molar-refractivity contribution < 1.29 is 13.9 Å². The van der Waals surface area contributed by atoms with E-state index in [0.717, 1.165) is 17.1 Å². The Balaban J connectivity index is 1.64. The van der Waals surface area contributed by atoms with E-state index in [1.165, 1.54) is 18.5 Å². The van der Waals surface area contributed by atoms with Crippen LogP contribution in [0.5, 0.6) is 11.5 Å². The molecule has 0 saturated heterocycles. The van der Waals surface area contributed by atoms with Gasteiger partial charge in [-0.2, -0.15) is 0 Å². The molecule has 1 N–H and O–H groups in total. The van der Waals surface area contributed by atoms with Crippen molar-refractivity contribution in [3.63, 3.8) is 0 Å². The maximum atomic E-state index is 13.6. The van der Waals surface area contributed by atoms with E-state index in [4.69, 9.17) is 9.47 Å². The third-order valence-electron chi connectivity index (χ3n) is 4.02. The first-order chi connectivity index (χ1) is 11.7. The molecule has 2 aromatic carbocycles. The van der Waals surface area contributed by atoms with Crippen molar-refractivity contribution in [1.82, 2.24) is 9.97 Å². The molecule has 0 spiro atoms. The molecular formula is C18H16FN3O2. The molecule has 1 aliphatic rings. The zero-order chi connectivity index (χ0) is 16.5. The topological polar surface area (TPSA) is 56.3 Å². The number of nitrogens with zero attached hydrogens (tertiary/aromatic N) is 2. The molecule has 1 unspecified atom stereocenters. The Hall–Kier alpha value is -2.89. The molecule has 0 saturated carbocycles. The molecule has 122 valence electrons.